The standard InChI is InChI=1S/C42H58F3N7O5/c1-3-11-38(53)47-18-9-4-5-10-19-48-42(55)57-28-29(2)49-41(54)52(26-32-23-46-24-36(32)45)39(31-16-20-56-21-17-31)40-50-37(34-22-33(43)14-15-35(34)44)27-51(40)25-30-12-7-6-8-13-30/h6-8,12-15,22,27,29,31-32,36,39,46H,3-5,9-11,16-21,23-26,28H2,1-2H3,(H,47,53)(H,48,55)(H,49,54). The highest BCUT2D eigenvalue weighted by molar-refractivity contribution is 5.76. The van der Waals surface area contributed by atoms with Gasteiger partial charge < -0.3 is 40.2 Å². The number of imidazole rings is 1. The fraction of sp³-hybridized carbons (Fsp3) is 0.571. The summed E-state index contributed by atoms with van der Waals surface area (Å²) in [6.07, 6.45) is 5.87. The average Bonchev–Trinajstić information content (AvgIpc) is 3.81. The zero-order valence-electron chi connectivity index (χ0n) is 33.1. The molecule has 15 heteroatoms. The van der Waals surface area contributed by atoms with Gasteiger partial charge in [0.1, 0.15) is 30.2 Å². The summed E-state index contributed by atoms with van der Waals surface area (Å²) < 4.78 is 58.1. The van der Waals surface area contributed by atoms with E-state index in [-0.39, 0.29) is 42.8 Å². The Morgan fingerprint density at radius 1 is 1.02 bits per heavy atom. The van der Waals surface area contributed by atoms with Crippen molar-refractivity contribution in [3.8, 4) is 11.3 Å². The molecule has 0 bridgehead atoms. The predicted octanol–water partition coefficient (Wildman–Crippen LogP) is 6.50. The van der Waals surface area contributed by atoms with Gasteiger partial charge in [-0.3, -0.25) is 4.79 Å². The molecule has 1 aromatic heterocycles. The first-order valence-corrected chi connectivity index (χ1v) is 20.4. The molecule has 0 spiro atoms. The first-order chi connectivity index (χ1) is 27.6. The van der Waals surface area contributed by atoms with E-state index in [4.69, 9.17) is 14.5 Å². The van der Waals surface area contributed by atoms with Crippen LogP contribution in [0.5, 0.6) is 0 Å². The van der Waals surface area contributed by atoms with Crippen LogP contribution in [-0.2, 0) is 20.8 Å². The Bertz CT molecular complexity index is 1720. The number of ether oxygens (including phenoxy) is 2. The maximum Gasteiger partial charge on any atom is 0.407 e. The lowest BCUT2D eigenvalue weighted by Crippen LogP contribution is -2.52. The second-order valence-electron chi connectivity index (χ2n) is 15.1. The van der Waals surface area contributed by atoms with E-state index in [1.54, 1.807) is 18.0 Å². The summed E-state index contributed by atoms with van der Waals surface area (Å²) in [7, 11) is 0. The van der Waals surface area contributed by atoms with Crippen LogP contribution in [0.15, 0.2) is 54.7 Å². The lowest BCUT2D eigenvalue weighted by Gasteiger charge is -2.40. The van der Waals surface area contributed by atoms with Gasteiger partial charge in [-0.15, -0.1) is 0 Å². The van der Waals surface area contributed by atoms with Crippen LogP contribution in [0, 0.1) is 23.5 Å². The molecule has 12 nitrogen and oxygen atoms in total. The number of hydrogen-bond donors (Lipinski definition) is 4. The number of nitrogens with one attached hydrogen (secondary N) is 4. The van der Waals surface area contributed by atoms with Gasteiger partial charge in [0.05, 0.1) is 17.8 Å². The Kier molecular flexibility index (Phi) is 17.1. The SMILES string of the molecule is CCCC(=O)NCCCCCCNC(=O)OCC(C)NC(=O)N(CC1CNCC1F)C(c1nc(-c2cc(F)ccc2F)cn1Cc1ccccc1)C1CCOCC1. The molecule has 2 aromatic carbocycles. The summed E-state index contributed by atoms with van der Waals surface area (Å²) in [5.74, 6) is -1.38. The zero-order chi connectivity index (χ0) is 40.6. The van der Waals surface area contributed by atoms with Crippen molar-refractivity contribution in [2.75, 3.05) is 52.5 Å². The Labute approximate surface area is 333 Å². The Balaban J connectivity index is 1.31. The van der Waals surface area contributed by atoms with E-state index in [1.807, 2.05) is 41.8 Å². The van der Waals surface area contributed by atoms with E-state index in [0.717, 1.165) is 55.9 Å². The lowest BCUT2D eigenvalue weighted by atomic mass is 9.89. The molecular weight excluding hydrogens is 739 g/mol. The monoisotopic (exact) mass is 797 g/mol. The van der Waals surface area contributed by atoms with Gasteiger partial charge >= 0.3 is 12.1 Å². The van der Waals surface area contributed by atoms with E-state index in [1.165, 1.54) is 0 Å². The zero-order valence-corrected chi connectivity index (χ0v) is 33.1. The topological polar surface area (TPSA) is 139 Å². The van der Waals surface area contributed by atoms with Crippen LogP contribution < -0.4 is 21.3 Å². The highest BCUT2D eigenvalue weighted by atomic mass is 19.1. The van der Waals surface area contributed by atoms with Crippen molar-refractivity contribution >= 4 is 18.0 Å². The quantitative estimate of drug-likeness (QED) is 0.0958. The van der Waals surface area contributed by atoms with Gasteiger partial charge in [-0.25, -0.2) is 27.7 Å². The molecule has 4 unspecified atom stereocenters. The number of rotatable bonds is 20. The van der Waals surface area contributed by atoms with Gasteiger partial charge in [0, 0.05) is 76.6 Å². The van der Waals surface area contributed by atoms with Crippen molar-refractivity contribution in [1.82, 2.24) is 35.7 Å². The third-order valence-corrected chi connectivity index (χ3v) is 10.5. The van der Waals surface area contributed by atoms with Gasteiger partial charge in [-0.05, 0) is 68.7 Å². The summed E-state index contributed by atoms with van der Waals surface area (Å²) in [6, 6.07) is 11.1. The largest absolute Gasteiger partial charge is 0.447 e. The van der Waals surface area contributed by atoms with Crippen LogP contribution in [0.4, 0.5) is 22.8 Å². The second kappa shape index (κ2) is 22.3. The number of carbonyl (C=O) groups excluding carboxylic acids is 3. The second-order valence-corrected chi connectivity index (χ2v) is 15.1. The highest BCUT2D eigenvalue weighted by Gasteiger charge is 2.40. The molecule has 0 saturated carbocycles. The molecule has 57 heavy (non-hydrogen) atoms. The molecule has 4 atom stereocenters. The minimum absolute atomic E-state index is 0.00884. The summed E-state index contributed by atoms with van der Waals surface area (Å²) >= 11 is 0. The van der Waals surface area contributed by atoms with Crippen molar-refractivity contribution < 1.29 is 37.0 Å². The maximum absolute atomic E-state index is 15.3. The van der Waals surface area contributed by atoms with E-state index >= 15 is 8.78 Å². The van der Waals surface area contributed by atoms with Crippen molar-refractivity contribution in [1.29, 1.82) is 0 Å². The first kappa shape index (κ1) is 43.5. The molecule has 2 aliphatic heterocycles. The molecule has 2 aliphatic rings. The number of carbonyl (C=O) groups is 3. The summed E-state index contributed by atoms with van der Waals surface area (Å²) in [6.45, 7) is 6.51. The number of benzene rings is 2. The van der Waals surface area contributed by atoms with Crippen LogP contribution in [0.25, 0.3) is 11.3 Å². The molecule has 0 aliphatic carbocycles. The molecule has 4 amide bonds. The average molecular weight is 798 g/mol. The Morgan fingerprint density at radius 2 is 1.75 bits per heavy atom. The Morgan fingerprint density at radius 3 is 2.46 bits per heavy atom. The number of hydrogen-bond acceptors (Lipinski definition) is 7. The van der Waals surface area contributed by atoms with Crippen molar-refractivity contribution in [2.24, 2.45) is 11.8 Å². The van der Waals surface area contributed by atoms with E-state index in [0.29, 0.717) is 64.5 Å². The van der Waals surface area contributed by atoms with Crippen LogP contribution in [0.2, 0.25) is 0 Å². The number of alkyl carbamates (subject to hydrolysis) is 1. The number of aromatic nitrogens is 2. The molecule has 4 N–H and O–H groups in total. The normalized spacial score (nSPS) is 18.1. The molecular formula is C42H58F3N7O5. The van der Waals surface area contributed by atoms with Gasteiger partial charge in [0.2, 0.25) is 5.91 Å². The maximum atomic E-state index is 15.3. The van der Waals surface area contributed by atoms with Gasteiger partial charge in [0.15, 0.2) is 0 Å². The molecule has 3 aromatic rings. The summed E-state index contributed by atoms with van der Waals surface area (Å²) in [5, 5.41) is 11.7. The van der Waals surface area contributed by atoms with Gasteiger partial charge in [-0.1, -0.05) is 50.1 Å². The minimum atomic E-state index is -1.19. The number of halogens is 3. The van der Waals surface area contributed by atoms with E-state index in [9.17, 15) is 18.8 Å². The number of urea groups is 1. The minimum Gasteiger partial charge on any atom is -0.447 e. The van der Waals surface area contributed by atoms with E-state index in [2.05, 4.69) is 21.3 Å². The molecule has 312 valence electrons. The van der Waals surface area contributed by atoms with Crippen LogP contribution in [0.3, 0.4) is 0 Å². The summed E-state index contributed by atoms with van der Waals surface area (Å²) in [5.41, 5.74) is 1.14. The van der Waals surface area contributed by atoms with Crippen molar-refractivity contribution in [3.63, 3.8) is 0 Å². The molecule has 5 rings (SSSR count). The first-order valence-electron chi connectivity index (χ1n) is 20.4. The third kappa shape index (κ3) is 13.2. The van der Waals surface area contributed by atoms with Gasteiger partial charge in [0.25, 0.3) is 0 Å². The Hall–Kier alpha value is -4.63. The number of amides is 4. The molecule has 2 saturated heterocycles. The molecule has 3 heterocycles. The third-order valence-electron chi connectivity index (χ3n) is 10.5. The lowest BCUT2D eigenvalue weighted by molar-refractivity contribution is -0.121. The summed E-state index contributed by atoms with van der Waals surface area (Å²) in [4.78, 5) is 45.2. The van der Waals surface area contributed by atoms with Gasteiger partial charge in [-0.2, -0.15) is 0 Å². The number of nitrogens with zero attached hydrogens (tertiary/aromatic N) is 3. The molecule has 0 radical (unpaired) electrons. The van der Waals surface area contributed by atoms with Crippen LogP contribution in [0.1, 0.15) is 82.6 Å². The van der Waals surface area contributed by atoms with Crippen molar-refractivity contribution in [2.45, 2.75) is 90.0 Å². The molecule has 2 fully saturated rings. The van der Waals surface area contributed by atoms with Crippen molar-refractivity contribution in [3.05, 3.63) is 77.8 Å². The highest BCUT2D eigenvalue weighted by Crippen LogP contribution is 2.38. The smallest absolute Gasteiger partial charge is 0.407 e. The fourth-order valence-electron chi connectivity index (χ4n) is 7.41. The van der Waals surface area contributed by atoms with Crippen LogP contribution in [-0.4, -0.2) is 97.2 Å². The van der Waals surface area contributed by atoms with Crippen LogP contribution >= 0.6 is 0 Å². The fourth-order valence-corrected chi connectivity index (χ4v) is 7.41. The van der Waals surface area contributed by atoms with E-state index < -0.39 is 47.9 Å². The number of unbranched alkanes of at least 4 members (excludes halogenated alkanes) is 3. The number of alkyl halides is 1. The predicted molar refractivity (Wildman–Crippen MR) is 211 cm³/mol.